The topological polar surface area (TPSA) is 98.3 Å². The molecule has 1 unspecified atom stereocenters. The molecule has 8 heteroatoms. The molecular weight excluding hydrogens is 285 g/mol. The van der Waals surface area contributed by atoms with Gasteiger partial charge in [0.2, 0.25) is 0 Å². The molecule has 0 saturated carbocycles. The van der Waals surface area contributed by atoms with E-state index in [1.165, 1.54) is 0 Å². The van der Waals surface area contributed by atoms with E-state index in [-0.39, 0.29) is 11.3 Å². The lowest BCUT2D eigenvalue weighted by molar-refractivity contribution is -0.385. The summed E-state index contributed by atoms with van der Waals surface area (Å²) in [6.45, 7) is 2.39. The van der Waals surface area contributed by atoms with Crippen LogP contribution in [0.3, 0.4) is 0 Å². The van der Waals surface area contributed by atoms with Gasteiger partial charge in [0.1, 0.15) is 5.56 Å². The highest BCUT2D eigenvalue weighted by Gasteiger charge is 2.22. The molecule has 1 amide bonds. The molecule has 0 aliphatic heterocycles. The van der Waals surface area contributed by atoms with Crippen molar-refractivity contribution in [1.82, 2.24) is 5.32 Å². The number of nitro benzene ring substituents is 1. The number of amides is 1. The van der Waals surface area contributed by atoms with E-state index < -0.39 is 22.3 Å². The Morgan fingerprint density at radius 2 is 2.25 bits per heavy atom. The number of carbonyl (C=O) groups is 1. The van der Waals surface area contributed by atoms with Crippen LogP contribution in [0.4, 0.5) is 15.8 Å². The van der Waals surface area contributed by atoms with Crippen molar-refractivity contribution < 1.29 is 14.1 Å². The highest BCUT2D eigenvalue weighted by molar-refractivity contribution is 7.99. The molecule has 0 radical (unpaired) electrons. The molecule has 0 bridgehead atoms. The number of nitrogens with zero attached hydrogens (tertiary/aromatic N) is 1. The molecule has 0 heterocycles. The molecular formula is C12H16FN3O3S. The van der Waals surface area contributed by atoms with Crippen LogP contribution in [0, 0.1) is 15.9 Å². The monoisotopic (exact) mass is 301 g/mol. The van der Waals surface area contributed by atoms with Crippen molar-refractivity contribution in [2.75, 3.05) is 18.5 Å². The smallest absolute Gasteiger partial charge is 0.285 e. The van der Waals surface area contributed by atoms with Crippen molar-refractivity contribution in [2.24, 2.45) is 0 Å². The van der Waals surface area contributed by atoms with E-state index in [4.69, 9.17) is 5.73 Å². The number of nitrogens with one attached hydrogen (secondary N) is 1. The van der Waals surface area contributed by atoms with Crippen LogP contribution >= 0.6 is 11.8 Å². The molecule has 0 aliphatic carbocycles. The number of nitrogens with two attached hydrogens (primary N) is 1. The maximum absolute atomic E-state index is 13.2. The van der Waals surface area contributed by atoms with Gasteiger partial charge < -0.3 is 11.1 Å². The summed E-state index contributed by atoms with van der Waals surface area (Å²) < 4.78 is 13.2. The fourth-order valence-electron chi connectivity index (χ4n) is 1.51. The number of nitrogen functional groups attached to an aromatic ring is 1. The summed E-state index contributed by atoms with van der Waals surface area (Å²) >= 11 is 1.66. The summed E-state index contributed by atoms with van der Waals surface area (Å²) in [6, 6.07) is 1.65. The van der Waals surface area contributed by atoms with Gasteiger partial charge in [-0.2, -0.15) is 11.8 Å². The number of anilines is 1. The van der Waals surface area contributed by atoms with Gasteiger partial charge in [0, 0.05) is 11.8 Å². The Labute approximate surface area is 120 Å². The van der Waals surface area contributed by atoms with E-state index in [2.05, 4.69) is 5.32 Å². The Bertz CT molecular complexity index is 525. The third-order valence-electron chi connectivity index (χ3n) is 2.80. The van der Waals surface area contributed by atoms with E-state index in [1.54, 1.807) is 11.8 Å². The van der Waals surface area contributed by atoms with Gasteiger partial charge in [-0.1, -0.05) is 6.92 Å². The maximum atomic E-state index is 13.2. The lowest BCUT2D eigenvalue weighted by atomic mass is 10.1. The number of halogens is 1. The first kappa shape index (κ1) is 16.2. The summed E-state index contributed by atoms with van der Waals surface area (Å²) in [5.41, 5.74) is 4.23. The second-order valence-electron chi connectivity index (χ2n) is 4.24. The van der Waals surface area contributed by atoms with Gasteiger partial charge in [0.05, 0.1) is 16.7 Å². The van der Waals surface area contributed by atoms with Crippen LogP contribution < -0.4 is 11.1 Å². The predicted molar refractivity (Wildman–Crippen MR) is 77.4 cm³/mol. The summed E-state index contributed by atoms with van der Waals surface area (Å²) in [5, 5.41) is 13.8. The predicted octanol–water partition coefficient (Wildman–Crippen LogP) is 2.19. The van der Waals surface area contributed by atoms with Crippen LogP contribution in [0.2, 0.25) is 0 Å². The second kappa shape index (κ2) is 7.09. The third kappa shape index (κ3) is 4.09. The van der Waals surface area contributed by atoms with Gasteiger partial charge in [-0.25, -0.2) is 4.39 Å². The van der Waals surface area contributed by atoms with Crippen LogP contribution in [0.1, 0.15) is 23.7 Å². The van der Waals surface area contributed by atoms with Crippen LogP contribution in [-0.4, -0.2) is 28.9 Å². The minimum Gasteiger partial charge on any atom is -0.396 e. The molecule has 0 aromatic heterocycles. The average Bonchev–Trinajstić information content (AvgIpc) is 2.40. The van der Waals surface area contributed by atoms with Gasteiger partial charge in [-0.05, 0) is 18.7 Å². The third-order valence-corrected chi connectivity index (χ3v) is 3.84. The van der Waals surface area contributed by atoms with Gasteiger partial charge in [0.15, 0.2) is 5.82 Å². The quantitative estimate of drug-likeness (QED) is 0.477. The van der Waals surface area contributed by atoms with Crippen LogP contribution in [-0.2, 0) is 0 Å². The fourth-order valence-corrected chi connectivity index (χ4v) is 1.87. The Morgan fingerprint density at radius 3 is 2.80 bits per heavy atom. The summed E-state index contributed by atoms with van der Waals surface area (Å²) in [5.74, 6) is -1.54. The molecule has 0 aliphatic rings. The number of benzene rings is 1. The molecule has 6 nitrogen and oxygen atoms in total. The molecule has 0 fully saturated rings. The van der Waals surface area contributed by atoms with E-state index in [0.717, 1.165) is 12.5 Å². The van der Waals surface area contributed by atoms with Crippen molar-refractivity contribution >= 4 is 29.0 Å². The number of thioether (sulfide) groups is 1. The van der Waals surface area contributed by atoms with E-state index in [1.807, 2.05) is 13.2 Å². The zero-order valence-electron chi connectivity index (χ0n) is 11.2. The Kier molecular flexibility index (Phi) is 5.75. The zero-order valence-corrected chi connectivity index (χ0v) is 12.0. The van der Waals surface area contributed by atoms with Crippen molar-refractivity contribution in [1.29, 1.82) is 0 Å². The molecule has 1 aromatic rings. The molecule has 1 rings (SSSR count). The first-order valence-corrected chi connectivity index (χ1v) is 7.20. The average molecular weight is 301 g/mol. The number of hydrogen-bond acceptors (Lipinski definition) is 5. The van der Waals surface area contributed by atoms with Crippen LogP contribution in [0.25, 0.3) is 0 Å². The minimum absolute atomic E-state index is 0.231. The highest BCUT2D eigenvalue weighted by atomic mass is 32.2. The first-order valence-electron chi connectivity index (χ1n) is 5.91. The lowest BCUT2D eigenvalue weighted by Gasteiger charge is -2.10. The molecule has 110 valence electrons. The first-order chi connectivity index (χ1) is 9.36. The van der Waals surface area contributed by atoms with E-state index in [0.29, 0.717) is 17.9 Å². The van der Waals surface area contributed by atoms with Crippen LogP contribution in [0.5, 0.6) is 0 Å². The maximum Gasteiger partial charge on any atom is 0.285 e. The second-order valence-corrected chi connectivity index (χ2v) is 5.52. The molecule has 1 atom stereocenters. The zero-order chi connectivity index (χ0) is 15.3. The van der Waals surface area contributed by atoms with Crippen LogP contribution in [0.15, 0.2) is 12.1 Å². The van der Waals surface area contributed by atoms with Crippen molar-refractivity contribution in [2.45, 2.75) is 18.6 Å². The molecule has 1 aromatic carbocycles. The number of rotatable bonds is 6. The SMILES string of the molecule is CSC(C)CCNC(=O)c1cc(N)c(F)cc1[N+](=O)[O-]. The van der Waals surface area contributed by atoms with Crippen molar-refractivity contribution in [3.8, 4) is 0 Å². The Morgan fingerprint density at radius 1 is 1.60 bits per heavy atom. The Hall–Kier alpha value is -1.83. The van der Waals surface area contributed by atoms with Gasteiger partial charge >= 0.3 is 0 Å². The van der Waals surface area contributed by atoms with Gasteiger partial charge in [-0.15, -0.1) is 0 Å². The largest absolute Gasteiger partial charge is 0.396 e. The summed E-state index contributed by atoms with van der Waals surface area (Å²) in [6.07, 6.45) is 2.69. The number of nitro groups is 1. The molecule has 20 heavy (non-hydrogen) atoms. The minimum atomic E-state index is -0.913. The molecule has 3 N–H and O–H groups in total. The number of hydrogen-bond donors (Lipinski definition) is 2. The molecule has 0 saturated heterocycles. The number of carbonyl (C=O) groups excluding carboxylic acids is 1. The Balaban J connectivity index is 2.86. The standard InChI is InChI=1S/C12H16FN3O3S/c1-7(20-2)3-4-15-12(17)8-5-10(14)9(13)6-11(8)16(18)19/h5-7H,3-4,14H2,1-2H3,(H,15,17). The highest BCUT2D eigenvalue weighted by Crippen LogP contribution is 2.24. The normalized spacial score (nSPS) is 11.9. The van der Waals surface area contributed by atoms with Gasteiger partial charge in [-0.3, -0.25) is 14.9 Å². The molecule has 0 spiro atoms. The van der Waals surface area contributed by atoms with Crippen molar-refractivity contribution in [3.05, 3.63) is 33.6 Å². The fraction of sp³-hybridized carbons (Fsp3) is 0.417. The van der Waals surface area contributed by atoms with E-state index in [9.17, 15) is 19.3 Å². The van der Waals surface area contributed by atoms with Crippen molar-refractivity contribution in [3.63, 3.8) is 0 Å². The van der Waals surface area contributed by atoms with Gasteiger partial charge in [0.25, 0.3) is 11.6 Å². The summed E-state index contributed by atoms with van der Waals surface area (Å²) in [4.78, 5) is 21.9. The summed E-state index contributed by atoms with van der Waals surface area (Å²) in [7, 11) is 0. The lowest BCUT2D eigenvalue weighted by Crippen LogP contribution is -2.27. The van der Waals surface area contributed by atoms with E-state index >= 15 is 0 Å².